The molecule has 0 saturated heterocycles. The number of rotatable bonds is 5. The molecule has 120 valence electrons. The normalized spacial score (nSPS) is 15.8. The number of anilines is 2. The summed E-state index contributed by atoms with van der Waals surface area (Å²) in [6.07, 6.45) is 9.52. The van der Waals surface area contributed by atoms with Crippen molar-refractivity contribution in [2.75, 3.05) is 30.9 Å². The molecule has 2 aromatic heterocycles. The van der Waals surface area contributed by atoms with Crippen LogP contribution in [0.2, 0.25) is 0 Å². The predicted molar refractivity (Wildman–Crippen MR) is 90.9 cm³/mol. The first-order valence-corrected chi connectivity index (χ1v) is 7.49. The second kappa shape index (κ2) is 6.62. The molecule has 0 aliphatic carbocycles. The van der Waals surface area contributed by atoms with Gasteiger partial charge < -0.3 is 20.4 Å². The molecule has 2 aromatic rings. The summed E-state index contributed by atoms with van der Waals surface area (Å²) in [6.45, 7) is 5.32. The first-order chi connectivity index (χ1) is 11.2. The Bertz CT molecular complexity index is 776. The van der Waals surface area contributed by atoms with E-state index in [1.807, 2.05) is 18.2 Å². The van der Waals surface area contributed by atoms with E-state index in [0.717, 1.165) is 36.4 Å². The van der Waals surface area contributed by atoms with Gasteiger partial charge in [0, 0.05) is 19.4 Å². The fourth-order valence-electron chi connectivity index (χ4n) is 2.76. The van der Waals surface area contributed by atoms with Crippen molar-refractivity contribution in [3.63, 3.8) is 0 Å². The Morgan fingerprint density at radius 2 is 2.35 bits per heavy atom. The highest BCUT2D eigenvalue weighted by molar-refractivity contribution is 5.85. The highest BCUT2D eigenvalue weighted by atomic mass is 16.5. The molecular weight excluding hydrogens is 292 g/mol. The zero-order valence-electron chi connectivity index (χ0n) is 13.1. The van der Waals surface area contributed by atoms with Crippen molar-refractivity contribution in [3.8, 4) is 0 Å². The molecule has 7 heteroatoms. The summed E-state index contributed by atoms with van der Waals surface area (Å²) >= 11 is 0. The second-order valence-corrected chi connectivity index (χ2v) is 5.23. The lowest BCUT2D eigenvalue weighted by Crippen LogP contribution is -2.29. The average molecular weight is 312 g/mol. The Morgan fingerprint density at radius 1 is 1.48 bits per heavy atom. The molecule has 0 saturated carbocycles. The second-order valence-electron chi connectivity index (χ2n) is 5.23. The number of imidazole rings is 1. The SMILES string of the molecule is C=CC1=C(/C=C\COC)N(c2nc(N)nc3nc[nH]c23)CCC1. The van der Waals surface area contributed by atoms with Crippen LogP contribution in [-0.2, 0) is 4.74 Å². The van der Waals surface area contributed by atoms with Crippen LogP contribution in [0.25, 0.3) is 11.2 Å². The smallest absolute Gasteiger partial charge is 0.224 e. The first-order valence-electron chi connectivity index (χ1n) is 7.49. The Morgan fingerprint density at radius 3 is 3.13 bits per heavy atom. The van der Waals surface area contributed by atoms with E-state index in [2.05, 4.69) is 31.4 Å². The van der Waals surface area contributed by atoms with Crippen LogP contribution in [0.5, 0.6) is 0 Å². The molecule has 0 bridgehead atoms. The van der Waals surface area contributed by atoms with E-state index in [-0.39, 0.29) is 5.95 Å². The van der Waals surface area contributed by atoms with Gasteiger partial charge in [0.2, 0.25) is 5.95 Å². The molecule has 0 amide bonds. The topological polar surface area (TPSA) is 92.9 Å². The number of methoxy groups -OCH3 is 1. The fraction of sp³-hybridized carbons (Fsp3) is 0.312. The highest BCUT2D eigenvalue weighted by Gasteiger charge is 2.22. The van der Waals surface area contributed by atoms with Crippen LogP contribution in [0.3, 0.4) is 0 Å². The number of ether oxygens (including phenoxy) is 1. The molecule has 1 aliphatic heterocycles. The lowest BCUT2D eigenvalue weighted by Gasteiger charge is -2.31. The lowest BCUT2D eigenvalue weighted by molar-refractivity contribution is 0.234. The lowest BCUT2D eigenvalue weighted by atomic mass is 10.0. The van der Waals surface area contributed by atoms with Gasteiger partial charge in [0.1, 0.15) is 5.52 Å². The monoisotopic (exact) mass is 312 g/mol. The van der Waals surface area contributed by atoms with Gasteiger partial charge in [-0.05, 0) is 24.5 Å². The predicted octanol–water partition coefficient (Wildman–Crippen LogP) is 2.18. The molecule has 3 N–H and O–H groups in total. The first kappa shape index (κ1) is 15.2. The molecular formula is C16H20N6O. The number of H-pyrrole nitrogens is 1. The number of nitrogens with zero attached hydrogens (tertiary/aromatic N) is 4. The van der Waals surface area contributed by atoms with Gasteiger partial charge >= 0.3 is 0 Å². The van der Waals surface area contributed by atoms with Gasteiger partial charge in [-0.2, -0.15) is 9.97 Å². The van der Waals surface area contributed by atoms with E-state index in [9.17, 15) is 0 Å². The van der Waals surface area contributed by atoms with E-state index in [4.69, 9.17) is 10.5 Å². The Balaban J connectivity index is 2.11. The van der Waals surface area contributed by atoms with Crippen molar-refractivity contribution < 1.29 is 4.74 Å². The van der Waals surface area contributed by atoms with Crippen molar-refractivity contribution in [3.05, 3.63) is 42.4 Å². The van der Waals surface area contributed by atoms with Gasteiger partial charge in [-0.1, -0.05) is 18.7 Å². The number of aromatic nitrogens is 4. The molecule has 23 heavy (non-hydrogen) atoms. The van der Waals surface area contributed by atoms with Crippen LogP contribution in [-0.4, -0.2) is 40.2 Å². The van der Waals surface area contributed by atoms with Gasteiger partial charge in [0.25, 0.3) is 0 Å². The molecule has 0 radical (unpaired) electrons. The zero-order valence-corrected chi connectivity index (χ0v) is 13.1. The van der Waals surface area contributed by atoms with Gasteiger partial charge in [0.05, 0.1) is 12.9 Å². The van der Waals surface area contributed by atoms with Crippen LogP contribution in [0.1, 0.15) is 12.8 Å². The number of nitrogen functional groups attached to an aromatic ring is 1. The molecule has 3 rings (SSSR count). The van der Waals surface area contributed by atoms with Crippen molar-refractivity contribution in [2.45, 2.75) is 12.8 Å². The maximum Gasteiger partial charge on any atom is 0.224 e. The minimum absolute atomic E-state index is 0.213. The Labute approximate surface area is 134 Å². The third-order valence-corrected chi connectivity index (χ3v) is 3.77. The van der Waals surface area contributed by atoms with Gasteiger partial charge in [0.15, 0.2) is 11.5 Å². The summed E-state index contributed by atoms with van der Waals surface area (Å²) in [7, 11) is 1.67. The summed E-state index contributed by atoms with van der Waals surface area (Å²) in [6, 6.07) is 0. The zero-order chi connectivity index (χ0) is 16.2. The molecule has 0 fully saturated rings. The Hall–Kier alpha value is -2.67. The standard InChI is InChI=1S/C16H20N6O/c1-3-11-6-4-8-22(12(11)7-5-9-23-2)15-13-14(19-10-18-13)20-16(17)21-15/h3,5,7,10H,1,4,6,8-9H2,2H3,(H3,17,18,19,20,21)/b7-5-. The minimum atomic E-state index is 0.213. The molecule has 7 nitrogen and oxygen atoms in total. The summed E-state index contributed by atoms with van der Waals surface area (Å²) in [5.41, 5.74) is 9.42. The number of hydrogen-bond acceptors (Lipinski definition) is 6. The van der Waals surface area contributed by atoms with Crippen LogP contribution >= 0.6 is 0 Å². The summed E-state index contributed by atoms with van der Waals surface area (Å²) in [5.74, 6) is 0.951. The number of fused-ring (bicyclic) bond motifs is 1. The Kier molecular flexibility index (Phi) is 4.38. The third kappa shape index (κ3) is 2.95. The maximum absolute atomic E-state index is 5.85. The van der Waals surface area contributed by atoms with Crippen LogP contribution in [0.15, 0.2) is 42.4 Å². The van der Waals surface area contributed by atoms with Crippen molar-refractivity contribution >= 4 is 22.9 Å². The fourth-order valence-corrected chi connectivity index (χ4v) is 2.76. The summed E-state index contributed by atoms with van der Waals surface area (Å²) in [4.78, 5) is 18.0. The molecule has 0 aromatic carbocycles. The molecule has 3 heterocycles. The molecule has 0 unspecified atom stereocenters. The number of nitrogens with two attached hydrogens (primary N) is 1. The van der Waals surface area contributed by atoms with E-state index in [0.29, 0.717) is 12.3 Å². The number of nitrogens with one attached hydrogen (secondary N) is 1. The van der Waals surface area contributed by atoms with Crippen LogP contribution < -0.4 is 10.6 Å². The molecule has 0 spiro atoms. The van der Waals surface area contributed by atoms with Crippen molar-refractivity contribution in [2.24, 2.45) is 0 Å². The number of hydrogen-bond donors (Lipinski definition) is 2. The van der Waals surface area contributed by atoms with E-state index in [1.165, 1.54) is 5.57 Å². The van der Waals surface area contributed by atoms with Crippen molar-refractivity contribution in [1.82, 2.24) is 19.9 Å². The minimum Gasteiger partial charge on any atom is -0.381 e. The summed E-state index contributed by atoms with van der Waals surface area (Å²) < 4.78 is 5.10. The van der Waals surface area contributed by atoms with Gasteiger partial charge in [-0.3, -0.25) is 0 Å². The molecule has 1 aliphatic rings. The van der Waals surface area contributed by atoms with E-state index >= 15 is 0 Å². The van der Waals surface area contributed by atoms with E-state index < -0.39 is 0 Å². The van der Waals surface area contributed by atoms with Gasteiger partial charge in [-0.15, -0.1) is 0 Å². The van der Waals surface area contributed by atoms with Gasteiger partial charge in [-0.25, -0.2) is 4.98 Å². The van der Waals surface area contributed by atoms with Crippen LogP contribution in [0.4, 0.5) is 11.8 Å². The largest absolute Gasteiger partial charge is 0.381 e. The number of allylic oxidation sites excluding steroid dienone is 3. The van der Waals surface area contributed by atoms with Crippen LogP contribution in [0, 0.1) is 0 Å². The third-order valence-electron chi connectivity index (χ3n) is 3.77. The highest BCUT2D eigenvalue weighted by Crippen LogP contribution is 2.31. The van der Waals surface area contributed by atoms with Crippen molar-refractivity contribution in [1.29, 1.82) is 0 Å². The van der Waals surface area contributed by atoms with E-state index in [1.54, 1.807) is 13.4 Å². The summed E-state index contributed by atoms with van der Waals surface area (Å²) in [5, 5.41) is 0. The number of aromatic amines is 1. The maximum atomic E-state index is 5.85. The average Bonchev–Trinajstić information content (AvgIpc) is 3.02. The molecule has 0 atom stereocenters. The quantitative estimate of drug-likeness (QED) is 0.879.